The lowest BCUT2D eigenvalue weighted by Crippen LogP contribution is -2.38. The largest absolute Gasteiger partial charge is 0.496 e. The number of benzene rings is 3. The predicted molar refractivity (Wildman–Crippen MR) is 148 cm³/mol. The topological polar surface area (TPSA) is 96.0 Å². The number of methoxy groups -OCH3 is 1. The first-order valence-electron chi connectivity index (χ1n) is 12.7. The number of hydrogen-bond acceptors (Lipinski definition) is 5. The first-order valence-corrected chi connectivity index (χ1v) is 14.2. The quantitative estimate of drug-likeness (QED) is 0.445. The second-order valence-electron chi connectivity index (χ2n) is 9.28. The number of carbonyl (C=O) groups excluding carboxylic acids is 2. The van der Waals surface area contributed by atoms with Gasteiger partial charge in [0.05, 0.1) is 28.9 Å². The summed E-state index contributed by atoms with van der Waals surface area (Å²) in [5, 5.41) is 2.79. The highest BCUT2D eigenvalue weighted by Crippen LogP contribution is 2.28. The first-order chi connectivity index (χ1) is 18.3. The van der Waals surface area contributed by atoms with Gasteiger partial charge in [0.25, 0.3) is 15.9 Å². The van der Waals surface area contributed by atoms with Crippen LogP contribution in [0.2, 0.25) is 0 Å². The van der Waals surface area contributed by atoms with Gasteiger partial charge in [-0.2, -0.15) is 0 Å². The summed E-state index contributed by atoms with van der Waals surface area (Å²) in [5.41, 5.74) is 1.76. The summed E-state index contributed by atoms with van der Waals surface area (Å²) >= 11 is 0. The Bertz CT molecular complexity index is 1380. The molecule has 3 aromatic carbocycles. The zero-order chi connectivity index (χ0) is 27.1. The molecule has 200 valence electrons. The van der Waals surface area contributed by atoms with Crippen molar-refractivity contribution in [3.8, 4) is 5.75 Å². The summed E-state index contributed by atoms with van der Waals surface area (Å²) in [6, 6.07) is 19.9. The molecule has 0 unspecified atom stereocenters. The van der Waals surface area contributed by atoms with Crippen molar-refractivity contribution in [3.05, 3.63) is 83.9 Å². The number of para-hydroxylation sites is 2. The van der Waals surface area contributed by atoms with E-state index in [-0.39, 0.29) is 10.8 Å². The van der Waals surface area contributed by atoms with Crippen molar-refractivity contribution in [2.24, 2.45) is 0 Å². The summed E-state index contributed by atoms with van der Waals surface area (Å²) in [7, 11) is -2.57. The molecule has 1 N–H and O–H groups in total. The maximum absolute atomic E-state index is 13.7. The fraction of sp³-hybridized carbons (Fsp3) is 0.310. The Morgan fingerprint density at radius 2 is 1.58 bits per heavy atom. The Kier molecular flexibility index (Phi) is 8.68. The molecule has 0 radical (unpaired) electrons. The van der Waals surface area contributed by atoms with Crippen molar-refractivity contribution in [2.45, 2.75) is 37.5 Å². The van der Waals surface area contributed by atoms with E-state index in [0.29, 0.717) is 41.3 Å². The number of likely N-dealkylation sites (tertiary alicyclic amines) is 1. The molecule has 0 bridgehead atoms. The molecule has 0 saturated carbocycles. The number of nitrogens with zero attached hydrogens (tertiary/aromatic N) is 2. The van der Waals surface area contributed by atoms with Gasteiger partial charge in [-0.1, -0.05) is 43.2 Å². The monoisotopic (exact) mass is 535 g/mol. The molecule has 2 amide bonds. The van der Waals surface area contributed by atoms with Crippen LogP contribution in [0.4, 0.5) is 11.4 Å². The molecule has 1 aliphatic rings. The van der Waals surface area contributed by atoms with Gasteiger partial charge in [0, 0.05) is 13.1 Å². The number of nitrogens with one attached hydrogen (secondary N) is 1. The Morgan fingerprint density at radius 3 is 2.24 bits per heavy atom. The van der Waals surface area contributed by atoms with Crippen LogP contribution in [0.3, 0.4) is 0 Å². The lowest BCUT2D eigenvalue weighted by molar-refractivity contribution is -0.114. The van der Waals surface area contributed by atoms with Gasteiger partial charge in [0.15, 0.2) is 0 Å². The van der Waals surface area contributed by atoms with Gasteiger partial charge < -0.3 is 15.0 Å². The van der Waals surface area contributed by atoms with Gasteiger partial charge in [-0.05, 0) is 67.8 Å². The van der Waals surface area contributed by atoms with Crippen molar-refractivity contribution in [2.75, 3.05) is 36.4 Å². The summed E-state index contributed by atoms with van der Waals surface area (Å²) in [6.07, 6.45) is 4.10. The van der Waals surface area contributed by atoms with E-state index in [1.165, 1.54) is 19.2 Å². The zero-order valence-corrected chi connectivity index (χ0v) is 22.5. The summed E-state index contributed by atoms with van der Waals surface area (Å²) in [5.74, 6) is -0.124. The molecular formula is C29H33N3O5S. The maximum atomic E-state index is 13.7. The second kappa shape index (κ2) is 12.1. The Labute approximate surface area is 224 Å². The number of amides is 2. The predicted octanol–water partition coefficient (Wildman–Crippen LogP) is 4.85. The highest BCUT2D eigenvalue weighted by atomic mass is 32.2. The van der Waals surface area contributed by atoms with E-state index < -0.39 is 22.5 Å². The van der Waals surface area contributed by atoms with Crippen molar-refractivity contribution >= 4 is 33.2 Å². The zero-order valence-electron chi connectivity index (χ0n) is 21.7. The third-order valence-electron chi connectivity index (χ3n) is 6.61. The van der Waals surface area contributed by atoms with Crippen LogP contribution in [0.25, 0.3) is 0 Å². The van der Waals surface area contributed by atoms with Crippen LogP contribution in [0.5, 0.6) is 5.75 Å². The van der Waals surface area contributed by atoms with Crippen molar-refractivity contribution in [3.63, 3.8) is 0 Å². The molecule has 3 aromatic rings. The fourth-order valence-electron chi connectivity index (χ4n) is 4.59. The number of rotatable bonds is 8. The van der Waals surface area contributed by atoms with Crippen molar-refractivity contribution < 1.29 is 22.7 Å². The number of anilines is 2. The number of ether oxygens (including phenoxy) is 1. The Morgan fingerprint density at radius 1 is 0.921 bits per heavy atom. The minimum Gasteiger partial charge on any atom is -0.496 e. The van der Waals surface area contributed by atoms with E-state index in [9.17, 15) is 18.0 Å². The maximum Gasteiger partial charge on any atom is 0.264 e. The van der Waals surface area contributed by atoms with Crippen LogP contribution in [-0.2, 0) is 14.8 Å². The second-order valence-corrected chi connectivity index (χ2v) is 11.1. The molecule has 0 spiro atoms. The molecule has 1 saturated heterocycles. The number of hydrogen-bond donors (Lipinski definition) is 1. The molecule has 0 atom stereocenters. The lowest BCUT2D eigenvalue weighted by atomic mass is 10.1. The normalized spacial score (nSPS) is 13.9. The van der Waals surface area contributed by atoms with E-state index in [1.54, 1.807) is 67.6 Å². The molecule has 1 aliphatic heterocycles. The molecule has 4 rings (SSSR count). The molecule has 0 aliphatic carbocycles. The average molecular weight is 536 g/mol. The van der Waals surface area contributed by atoms with Gasteiger partial charge in [-0.3, -0.25) is 13.9 Å². The summed E-state index contributed by atoms with van der Waals surface area (Å²) in [6.45, 7) is 2.66. The van der Waals surface area contributed by atoms with Crippen LogP contribution in [0.1, 0.15) is 41.6 Å². The van der Waals surface area contributed by atoms with E-state index in [0.717, 1.165) is 30.0 Å². The van der Waals surface area contributed by atoms with Gasteiger partial charge in [0.1, 0.15) is 12.3 Å². The van der Waals surface area contributed by atoms with Crippen molar-refractivity contribution in [1.82, 2.24) is 4.90 Å². The molecule has 1 fully saturated rings. The van der Waals surface area contributed by atoms with E-state index in [1.807, 2.05) is 4.90 Å². The Hall–Kier alpha value is -3.85. The summed E-state index contributed by atoms with van der Waals surface area (Å²) in [4.78, 5) is 28.4. The van der Waals surface area contributed by atoms with Crippen LogP contribution >= 0.6 is 0 Å². The first kappa shape index (κ1) is 27.2. The minimum atomic E-state index is -4.09. The number of sulfonamides is 1. The summed E-state index contributed by atoms with van der Waals surface area (Å²) < 4.78 is 33.8. The van der Waals surface area contributed by atoms with Gasteiger partial charge in [0.2, 0.25) is 5.91 Å². The van der Waals surface area contributed by atoms with Crippen LogP contribution in [0.15, 0.2) is 77.7 Å². The van der Waals surface area contributed by atoms with Crippen LogP contribution in [0, 0.1) is 6.92 Å². The molecule has 1 heterocycles. The third kappa shape index (κ3) is 6.16. The van der Waals surface area contributed by atoms with Crippen LogP contribution < -0.4 is 14.4 Å². The van der Waals surface area contributed by atoms with Crippen molar-refractivity contribution in [1.29, 1.82) is 0 Å². The molecular weight excluding hydrogens is 502 g/mol. The third-order valence-corrected chi connectivity index (χ3v) is 8.38. The lowest BCUT2D eigenvalue weighted by Gasteiger charge is -2.25. The molecule has 9 heteroatoms. The van der Waals surface area contributed by atoms with E-state index >= 15 is 0 Å². The van der Waals surface area contributed by atoms with Gasteiger partial charge in [-0.15, -0.1) is 0 Å². The van der Waals surface area contributed by atoms with E-state index in [2.05, 4.69) is 5.32 Å². The Balaban J connectivity index is 1.60. The van der Waals surface area contributed by atoms with Gasteiger partial charge >= 0.3 is 0 Å². The van der Waals surface area contributed by atoms with Gasteiger partial charge in [-0.25, -0.2) is 8.42 Å². The van der Waals surface area contributed by atoms with E-state index in [4.69, 9.17) is 4.74 Å². The number of aryl methyl sites for hydroxylation is 1. The minimum absolute atomic E-state index is 0.0456. The molecule has 0 aromatic heterocycles. The highest BCUT2D eigenvalue weighted by Gasteiger charge is 2.28. The highest BCUT2D eigenvalue weighted by molar-refractivity contribution is 7.92. The SMILES string of the molecule is COc1ccc(S(=O)(=O)N(CC(=O)Nc2ccccc2C(=O)N2CCCCCC2)c2ccccc2)cc1C. The number of carbonyl (C=O) groups is 2. The fourth-order valence-corrected chi connectivity index (χ4v) is 6.10. The molecule has 8 nitrogen and oxygen atoms in total. The average Bonchev–Trinajstić information content (AvgIpc) is 3.22. The van der Waals surface area contributed by atoms with Crippen LogP contribution in [-0.4, -0.2) is 51.9 Å². The molecule has 38 heavy (non-hydrogen) atoms. The standard InChI is InChI=1S/C29H33N3O5S/c1-22-20-24(16-17-27(22)37-2)38(35,36)32(23-12-6-5-7-13-23)21-28(33)30-26-15-9-8-14-25(26)29(34)31-18-10-3-4-11-19-31/h5-9,12-17,20H,3-4,10-11,18-19,21H2,1-2H3,(H,30,33). The smallest absolute Gasteiger partial charge is 0.264 e.